The number of hydrogen-bond acceptors (Lipinski definition) is 4. The van der Waals surface area contributed by atoms with Gasteiger partial charge in [-0.15, -0.1) is 0 Å². The highest BCUT2D eigenvalue weighted by atomic mass is 16.5. The molecule has 6 nitrogen and oxygen atoms in total. The molecule has 0 amide bonds. The lowest BCUT2D eigenvalue weighted by Crippen LogP contribution is -2.13. The summed E-state index contributed by atoms with van der Waals surface area (Å²) in [7, 11) is 0. The normalized spacial score (nSPS) is 12.0. The first-order chi connectivity index (χ1) is 24.0. The van der Waals surface area contributed by atoms with Gasteiger partial charge >= 0.3 is 5.97 Å². The van der Waals surface area contributed by atoms with Crippen molar-refractivity contribution in [1.29, 1.82) is 0 Å². The number of aromatic nitrogens is 2. The van der Waals surface area contributed by atoms with Gasteiger partial charge in [-0.1, -0.05) is 133 Å². The average molecular weight is 641 g/mol. The Morgan fingerprint density at radius 1 is 0.571 bits per heavy atom. The summed E-state index contributed by atoms with van der Waals surface area (Å²) in [5, 5.41) is 12.5. The number of esters is 1. The van der Waals surface area contributed by atoms with Crippen molar-refractivity contribution in [1.82, 2.24) is 9.35 Å². The molecule has 49 heavy (non-hydrogen) atoms. The Balaban J connectivity index is 1.46. The van der Waals surface area contributed by atoms with E-state index in [4.69, 9.17) is 14.9 Å². The molecule has 2 heterocycles. The van der Waals surface area contributed by atoms with E-state index < -0.39 is 5.97 Å². The molecule has 0 N–H and O–H groups in total. The largest absolute Gasteiger partial charge is 0.462 e. The lowest BCUT2D eigenvalue weighted by molar-refractivity contribution is 0.0527. The van der Waals surface area contributed by atoms with Crippen LogP contribution >= 0.6 is 0 Å². The lowest BCUT2D eigenvalue weighted by atomic mass is 10.00. The van der Waals surface area contributed by atoms with Gasteiger partial charge in [0, 0.05) is 22.3 Å². The Bertz CT molecular complexity index is 2250. The summed E-state index contributed by atoms with van der Waals surface area (Å²) >= 11 is 0. The molecule has 0 spiro atoms. The van der Waals surface area contributed by atoms with Crippen LogP contribution in [-0.2, 0) is 4.74 Å². The topological polar surface area (TPSA) is 60.9 Å². The van der Waals surface area contributed by atoms with Gasteiger partial charge < -0.3 is 4.74 Å². The zero-order valence-electron chi connectivity index (χ0n) is 27.7. The van der Waals surface area contributed by atoms with Crippen LogP contribution in [0.5, 0.6) is 0 Å². The minimum absolute atomic E-state index is 0.262. The van der Waals surface area contributed by atoms with E-state index in [2.05, 4.69) is 54.6 Å². The molecule has 2 aromatic heterocycles. The van der Waals surface area contributed by atoms with Gasteiger partial charge in [-0.05, 0) is 49.7 Å². The molecule has 0 radical (unpaired) electrons. The molecule has 5 aromatic carbocycles. The molecule has 7 rings (SSSR count). The van der Waals surface area contributed by atoms with Gasteiger partial charge in [0.05, 0.1) is 46.4 Å². The maximum Gasteiger partial charge on any atom is 0.340 e. The Labute approximate surface area is 286 Å². The maximum absolute atomic E-state index is 13.6. The zero-order chi connectivity index (χ0) is 33.7. The highest BCUT2D eigenvalue weighted by molar-refractivity contribution is 6.40. The summed E-state index contributed by atoms with van der Waals surface area (Å²) in [5.41, 5.74) is 9.17. The average Bonchev–Trinajstić information content (AvgIpc) is 3.74. The predicted molar refractivity (Wildman–Crippen MR) is 201 cm³/mol. The molecule has 0 aliphatic heterocycles. The molecule has 0 aliphatic carbocycles. The van der Waals surface area contributed by atoms with Crippen molar-refractivity contribution in [2.75, 3.05) is 6.61 Å². The van der Waals surface area contributed by atoms with Crippen LogP contribution < -0.4 is 0 Å². The number of rotatable bonds is 9. The van der Waals surface area contributed by atoms with Crippen LogP contribution in [-0.4, -0.2) is 33.4 Å². The van der Waals surface area contributed by atoms with Gasteiger partial charge in [-0.25, -0.2) is 14.1 Å². The van der Waals surface area contributed by atoms with Gasteiger partial charge in [0.15, 0.2) is 0 Å². The highest BCUT2D eigenvalue weighted by Gasteiger charge is 2.25. The van der Waals surface area contributed by atoms with E-state index >= 15 is 0 Å². The summed E-state index contributed by atoms with van der Waals surface area (Å²) in [4.78, 5) is 13.6. The van der Waals surface area contributed by atoms with Gasteiger partial charge in [-0.3, -0.25) is 0 Å². The number of nitrogens with zero attached hydrogens (tertiary/aromatic N) is 4. The summed E-state index contributed by atoms with van der Waals surface area (Å²) < 4.78 is 9.48. The number of hydrogen-bond donors (Lipinski definition) is 0. The summed E-state index contributed by atoms with van der Waals surface area (Å²) in [6, 6.07) is 50.9. The number of carbonyl (C=O) groups excluding carboxylic acids is 1. The van der Waals surface area contributed by atoms with Crippen LogP contribution in [0.4, 0.5) is 0 Å². The van der Waals surface area contributed by atoms with Crippen LogP contribution in [0.25, 0.3) is 55.8 Å². The fraction of sp³-hybridized carbons (Fsp3) is 0.0930. The van der Waals surface area contributed by atoms with E-state index in [1.54, 1.807) is 0 Å². The molecule has 0 atom stereocenters. The molecular formula is C43H36N4O2. The third-order valence-corrected chi connectivity index (χ3v) is 8.60. The minimum atomic E-state index is -0.396. The standard InChI is InChI=1S/C43H36N4O2/c1-4-49-43(48)38-29-41(35-22-12-7-13-23-35)47(42(38)37-26-16-24-32-17-14-15-25-36(32)37)45-31(3)30(2)44-46-39(33-18-8-5-9-19-33)27-28-40(46)34-20-10-6-11-21-34/h5-29H,4H2,1-3H3. The van der Waals surface area contributed by atoms with E-state index in [0.29, 0.717) is 17.0 Å². The van der Waals surface area contributed by atoms with Gasteiger partial charge in [0.25, 0.3) is 0 Å². The summed E-state index contributed by atoms with van der Waals surface area (Å²) in [6.07, 6.45) is 0. The Kier molecular flexibility index (Phi) is 8.85. The quantitative estimate of drug-likeness (QED) is 0.116. The van der Waals surface area contributed by atoms with Crippen molar-refractivity contribution in [3.8, 4) is 45.0 Å². The second-order valence-electron chi connectivity index (χ2n) is 11.7. The molecule has 0 aliphatic rings. The van der Waals surface area contributed by atoms with Crippen LogP contribution in [0.1, 0.15) is 31.1 Å². The van der Waals surface area contributed by atoms with Crippen molar-refractivity contribution in [3.63, 3.8) is 0 Å². The third kappa shape index (κ3) is 6.24. The van der Waals surface area contributed by atoms with E-state index in [1.165, 1.54) is 0 Å². The third-order valence-electron chi connectivity index (χ3n) is 8.60. The first-order valence-corrected chi connectivity index (χ1v) is 16.4. The molecule has 240 valence electrons. The van der Waals surface area contributed by atoms with E-state index in [1.807, 2.05) is 127 Å². The van der Waals surface area contributed by atoms with Crippen LogP contribution in [0, 0.1) is 0 Å². The van der Waals surface area contributed by atoms with Gasteiger partial charge in [0.1, 0.15) is 0 Å². The van der Waals surface area contributed by atoms with Crippen LogP contribution in [0.2, 0.25) is 0 Å². The van der Waals surface area contributed by atoms with Crippen LogP contribution in [0.15, 0.2) is 162 Å². The van der Waals surface area contributed by atoms with Crippen molar-refractivity contribution in [2.45, 2.75) is 20.8 Å². The first-order valence-electron chi connectivity index (χ1n) is 16.4. The van der Waals surface area contributed by atoms with E-state index in [0.717, 1.165) is 55.8 Å². The minimum Gasteiger partial charge on any atom is -0.462 e. The zero-order valence-corrected chi connectivity index (χ0v) is 27.7. The van der Waals surface area contributed by atoms with Crippen molar-refractivity contribution < 1.29 is 9.53 Å². The number of benzene rings is 5. The van der Waals surface area contributed by atoms with Gasteiger partial charge in [-0.2, -0.15) is 10.2 Å². The second-order valence-corrected chi connectivity index (χ2v) is 11.7. The van der Waals surface area contributed by atoms with E-state index in [9.17, 15) is 4.79 Å². The SMILES string of the molecule is CCOC(=O)c1cc(-c2ccccc2)n(N=C(C)C(C)=Nn2c(-c3ccccc3)ccc2-c2ccccc2)c1-c1cccc2ccccc12. The van der Waals surface area contributed by atoms with Crippen LogP contribution in [0.3, 0.4) is 0 Å². The Morgan fingerprint density at radius 3 is 1.63 bits per heavy atom. The predicted octanol–water partition coefficient (Wildman–Crippen LogP) is 10.4. The number of fused-ring (bicyclic) bond motifs is 1. The number of ether oxygens (including phenoxy) is 1. The van der Waals surface area contributed by atoms with E-state index in [-0.39, 0.29) is 6.61 Å². The summed E-state index contributed by atoms with van der Waals surface area (Å²) in [5.74, 6) is -0.396. The molecule has 0 fully saturated rings. The maximum atomic E-state index is 13.6. The molecule has 6 heteroatoms. The lowest BCUT2D eigenvalue weighted by Gasteiger charge is -2.14. The Hall–Kier alpha value is -6.27. The monoisotopic (exact) mass is 640 g/mol. The van der Waals surface area contributed by atoms with Crippen molar-refractivity contribution in [2.24, 2.45) is 10.2 Å². The highest BCUT2D eigenvalue weighted by Crippen LogP contribution is 2.37. The molecule has 0 saturated carbocycles. The molecular weight excluding hydrogens is 604 g/mol. The molecule has 7 aromatic rings. The first kappa shape index (κ1) is 31.3. The smallest absolute Gasteiger partial charge is 0.340 e. The molecule has 0 unspecified atom stereocenters. The van der Waals surface area contributed by atoms with Crippen molar-refractivity contribution in [3.05, 3.63) is 157 Å². The fourth-order valence-electron chi connectivity index (χ4n) is 6.11. The molecule has 0 bridgehead atoms. The second kappa shape index (κ2) is 13.8. The molecule has 0 saturated heterocycles. The van der Waals surface area contributed by atoms with Crippen molar-refractivity contribution >= 4 is 28.2 Å². The van der Waals surface area contributed by atoms with Gasteiger partial charge in [0.2, 0.25) is 0 Å². The fourth-order valence-corrected chi connectivity index (χ4v) is 6.11. The Morgan fingerprint density at radius 2 is 1.06 bits per heavy atom. The number of carbonyl (C=O) groups is 1. The summed E-state index contributed by atoms with van der Waals surface area (Å²) in [6.45, 7) is 6.01.